The second kappa shape index (κ2) is 8.99. The molecule has 0 atom stereocenters. The van der Waals surface area contributed by atoms with E-state index < -0.39 is 10.0 Å². The summed E-state index contributed by atoms with van der Waals surface area (Å²) in [5, 5.41) is 0. The second-order valence-electron chi connectivity index (χ2n) is 6.10. The maximum absolute atomic E-state index is 13.0. The largest absolute Gasteiger partial charge is 0.491 e. The summed E-state index contributed by atoms with van der Waals surface area (Å²) in [7, 11) is -3.59. The molecule has 0 fully saturated rings. The molecular weight excluding hydrogens is 336 g/mol. The summed E-state index contributed by atoms with van der Waals surface area (Å²) in [6.07, 6.45) is 0.655. The van der Waals surface area contributed by atoms with Crippen molar-refractivity contribution in [3.8, 4) is 5.75 Å². The lowest BCUT2D eigenvalue weighted by molar-refractivity contribution is 0.242. The smallest absolute Gasteiger partial charge is 0.243 e. The van der Waals surface area contributed by atoms with Gasteiger partial charge >= 0.3 is 0 Å². The molecule has 0 radical (unpaired) electrons. The van der Waals surface area contributed by atoms with E-state index in [9.17, 15) is 8.42 Å². The minimum absolute atomic E-state index is 0.0431. The van der Waals surface area contributed by atoms with Crippen LogP contribution in [0.1, 0.15) is 25.8 Å². The molecule has 2 rings (SSSR count). The summed E-state index contributed by atoms with van der Waals surface area (Å²) < 4.78 is 33.1. The summed E-state index contributed by atoms with van der Waals surface area (Å²) in [6.45, 7) is 5.02. The third-order valence-electron chi connectivity index (χ3n) is 3.65. The van der Waals surface area contributed by atoms with E-state index in [1.54, 1.807) is 24.3 Å². The molecule has 0 bridgehead atoms. The van der Waals surface area contributed by atoms with E-state index in [4.69, 9.17) is 10.5 Å². The molecule has 0 aliphatic carbocycles. The molecule has 0 aliphatic rings. The summed E-state index contributed by atoms with van der Waals surface area (Å²) in [4.78, 5) is 0.261. The van der Waals surface area contributed by atoms with E-state index in [1.807, 2.05) is 44.2 Å². The molecule has 0 saturated heterocycles. The number of rotatable bonds is 9. The summed E-state index contributed by atoms with van der Waals surface area (Å²) in [6, 6.07) is 16.1. The summed E-state index contributed by atoms with van der Waals surface area (Å²) >= 11 is 0. The van der Waals surface area contributed by atoms with Crippen molar-refractivity contribution in [3.63, 3.8) is 0 Å². The van der Waals surface area contributed by atoms with Gasteiger partial charge in [-0.15, -0.1) is 0 Å². The number of nitrogens with two attached hydrogens (primary N) is 1. The van der Waals surface area contributed by atoms with Crippen molar-refractivity contribution in [2.45, 2.75) is 37.8 Å². The highest BCUT2D eigenvalue weighted by Gasteiger charge is 2.24. The molecular formula is C19H26N2O3S. The van der Waals surface area contributed by atoms with Gasteiger partial charge in [-0.3, -0.25) is 0 Å². The van der Waals surface area contributed by atoms with Crippen LogP contribution in [0, 0.1) is 0 Å². The van der Waals surface area contributed by atoms with Gasteiger partial charge in [0.25, 0.3) is 0 Å². The first-order valence-electron chi connectivity index (χ1n) is 8.44. The zero-order chi connectivity index (χ0) is 18.3. The first-order chi connectivity index (χ1) is 11.9. The molecule has 0 saturated carbocycles. The summed E-state index contributed by atoms with van der Waals surface area (Å²) in [5.74, 6) is 0.658. The SMILES string of the molecule is CC(C)Oc1ccc(S(=O)(=O)N(CCCN)Cc2ccccc2)cc1. The quantitative estimate of drug-likeness (QED) is 0.744. The van der Waals surface area contributed by atoms with Gasteiger partial charge in [-0.25, -0.2) is 8.42 Å². The molecule has 2 aromatic rings. The van der Waals surface area contributed by atoms with E-state index in [0.717, 1.165) is 5.56 Å². The maximum atomic E-state index is 13.0. The topological polar surface area (TPSA) is 72.6 Å². The number of sulfonamides is 1. The van der Waals surface area contributed by atoms with Gasteiger partial charge in [0.05, 0.1) is 11.0 Å². The van der Waals surface area contributed by atoms with Gasteiger partial charge < -0.3 is 10.5 Å². The number of ether oxygens (including phenoxy) is 1. The molecule has 5 nitrogen and oxygen atoms in total. The Morgan fingerprint density at radius 2 is 1.68 bits per heavy atom. The van der Waals surface area contributed by atoms with Gasteiger partial charge in [0.2, 0.25) is 10.0 Å². The Morgan fingerprint density at radius 3 is 2.24 bits per heavy atom. The lowest BCUT2D eigenvalue weighted by Gasteiger charge is -2.22. The standard InChI is InChI=1S/C19H26N2O3S/c1-16(2)24-18-9-11-19(12-10-18)25(22,23)21(14-6-13-20)15-17-7-4-3-5-8-17/h3-5,7-12,16H,6,13-15,20H2,1-2H3. The van der Waals surface area contributed by atoms with Gasteiger partial charge in [0.15, 0.2) is 0 Å². The van der Waals surface area contributed by atoms with Gasteiger partial charge in [0, 0.05) is 13.1 Å². The van der Waals surface area contributed by atoms with Crippen LogP contribution in [0.2, 0.25) is 0 Å². The molecule has 2 N–H and O–H groups in total. The third kappa shape index (κ3) is 5.56. The molecule has 0 unspecified atom stereocenters. The zero-order valence-corrected chi connectivity index (χ0v) is 15.6. The molecule has 0 aromatic heterocycles. The van der Waals surface area contributed by atoms with Crippen LogP contribution in [0.4, 0.5) is 0 Å². The van der Waals surface area contributed by atoms with Gasteiger partial charge in [-0.1, -0.05) is 30.3 Å². The van der Waals surface area contributed by atoms with E-state index in [2.05, 4.69) is 0 Å². The van der Waals surface area contributed by atoms with Crippen molar-refractivity contribution in [3.05, 3.63) is 60.2 Å². The Kier molecular flexibility index (Phi) is 6.99. The van der Waals surface area contributed by atoms with Crippen LogP contribution in [0.5, 0.6) is 5.75 Å². The minimum atomic E-state index is -3.59. The normalized spacial score (nSPS) is 11.9. The van der Waals surface area contributed by atoms with Crippen LogP contribution < -0.4 is 10.5 Å². The lowest BCUT2D eigenvalue weighted by atomic mass is 10.2. The van der Waals surface area contributed by atoms with Crippen LogP contribution in [-0.4, -0.2) is 31.9 Å². The van der Waals surface area contributed by atoms with Crippen LogP contribution in [0.15, 0.2) is 59.5 Å². The van der Waals surface area contributed by atoms with E-state index in [1.165, 1.54) is 4.31 Å². The lowest BCUT2D eigenvalue weighted by Crippen LogP contribution is -2.32. The highest BCUT2D eigenvalue weighted by molar-refractivity contribution is 7.89. The number of hydrogen-bond donors (Lipinski definition) is 1. The second-order valence-corrected chi connectivity index (χ2v) is 8.04. The summed E-state index contributed by atoms with van der Waals surface area (Å²) in [5.41, 5.74) is 6.53. The van der Waals surface area contributed by atoms with Crippen molar-refractivity contribution in [2.24, 2.45) is 5.73 Å². The van der Waals surface area contributed by atoms with Crippen molar-refractivity contribution in [2.75, 3.05) is 13.1 Å². The highest BCUT2D eigenvalue weighted by Crippen LogP contribution is 2.22. The van der Waals surface area contributed by atoms with Gasteiger partial charge in [-0.2, -0.15) is 4.31 Å². The van der Waals surface area contributed by atoms with Crippen molar-refractivity contribution in [1.82, 2.24) is 4.31 Å². The Bertz CT molecular complexity index is 744. The Morgan fingerprint density at radius 1 is 1.04 bits per heavy atom. The van der Waals surface area contributed by atoms with E-state index in [-0.39, 0.29) is 11.0 Å². The van der Waals surface area contributed by atoms with E-state index >= 15 is 0 Å². The fourth-order valence-electron chi connectivity index (χ4n) is 2.45. The molecule has 0 aliphatic heterocycles. The van der Waals surface area contributed by atoms with Crippen molar-refractivity contribution < 1.29 is 13.2 Å². The average Bonchev–Trinajstić information content (AvgIpc) is 2.59. The molecule has 6 heteroatoms. The van der Waals surface area contributed by atoms with Crippen LogP contribution in [-0.2, 0) is 16.6 Å². The first kappa shape index (κ1) is 19.4. The predicted octanol–water partition coefficient (Wildman–Crippen LogP) is 3.01. The number of hydrogen-bond acceptors (Lipinski definition) is 4. The number of nitrogens with zero attached hydrogens (tertiary/aromatic N) is 1. The van der Waals surface area contributed by atoms with Crippen LogP contribution in [0.3, 0.4) is 0 Å². The first-order valence-corrected chi connectivity index (χ1v) is 9.88. The Balaban J connectivity index is 2.24. The molecule has 2 aromatic carbocycles. The highest BCUT2D eigenvalue weighted by atomic mass is 32.2. The fraction of sp³-hybridized carbons (Fsp3) is 0.368. The zero-order valence-electron chi connectivity index (χ0n) is 14.8. The Hall–Kier alpha value is -1.89. The van der Waals surface area contributed by atoms with Gasteiger partial charge in [-0.05, 0) is 56.6 Å². The van der Waals surface area contributed by atoms with E-state index in [0.29, 0.717) is 31.8 Å². The van der Waals surface area contributed by atoms with Gasteiger partial charge in [0.1, 0.15) is 5.75 Å². The molecule has 136 valence electrons. The number of benzene rings is 2. The fourth-order valence-corrected chi connectivity index (χ4v) is 3.92. The predicted molar refractivity (Wildman–Crippen MR) is 99.9 cm³/mol. The van der Waals surface area contributed by atoms with Crippen molar-refractivity contribution >= 4 is 10.0 Å². The third-order valence-corrected chi connectivity index (χ3v) is 5.51. The van der Waals surface area contributed by atoms with Crippen LogP contribution in [0.25, 0.3) is 0 Å². The molecule has 0 heterocycles. The molecule has 25 heavy (non-hydrogen) atoms. The van der Waals surface area contributed by atoms with Crippen molar-refractivity contribution in [1.29, 1.82) is 0 Å². The Labute approximate surface area is 150 Å². The average molecular weight is 362 g/mol. The van der Waals surface area contributed by atoms with Crippen LogP contribution >= 0.6 is 0 Å². The minimum Gasteiger partial charge on any atom is -0.491 e. The molecule has 0 amide bonds. The monoisotopic (exact) mass is 362 g/mol. The molecule has 0 spiro atoms. The maximum Gasteiger partial charge on any atom is 0.243 e.